The molecule has 0 bridgehead atoms. The first kappa shape index (κ1) is 17.0. The fourth-order valence-corrected chi connectivity index (χ4v) is 3.14. The number of anilines is 1. The average Bonchev–Trinajstić information content (AvgIpc) is 2.53. The number of ether oxygens (including phenoxy) is 1. The quantitative estimate of drug-likeness (QED) is 0.503. The van der Waals surface area contributed by atoms with E-state index in [1.165, 1.54) is 13.0 Å². The molecule has 0 saturated heterocycles. The van der Waals surface area contributed by atoms with E-state index in [9.17, 15) is 14.9 Å². The van der Waals surface area contributed by atoms with Crippen LogP contribution < -0.4 is 10.1 Å². The number of benzene rings is 2. The molecule has 0 radical (unpaired) electrons. The van der Waals surface area contributed by atoms with E-state index in [0.29, 0.717) is 17.7 Å². The van der Waals surface area contributed by atoms with Gasteiger partial charge in [0.05, 0.1) is 11.0 Å². The van der Waals surface area contributed by atoms with E-state index in [1.54, 1.807) is 12.1 Å². The third-order valence-electron chi connectivity index (χ3n) is 4.31. The van der Waals surface area contributed by atoms with Crippen molar-refractivity contribution in [3.8, 4) is 5.75 Å². The smallest absolute Gasteiger partial charge is 0.293 e. The van der Waals surface area contributed by atoms with Gasteiger partial charge in [-0.1, -0.05) is 18.2 Å². The monoisotopic (exact) mass is 340 g/mol. The molecular weight excluding hydrogens is 320 g/mol. The second kappa shape index (κ2) is 6.20. The zero-order chi connectivity index (χ0) is 18.2. The third kappa shape index (κ3) is 3.47. The van der Waals surface area contributed by atoms with Gasteiger partial charge in [-0.3, -0.25) is 14.9 Å². The van der Waals surface area contributed by atoms with Gasteiger partial charge >= 0.3 is 0 Å². The van der Waals surface area contributed by atoms with Crippen molar-refractivity contribution < 1.29 is 14.5 Å². The molecule has 0 fully saturated rings. The van der Waals surface area contributed by atoms with Gasteiger partial charge in [-0.15, -0.1) is 0 Å². The van der Waals surface area contributed by atoms with E-state index >= 15 is 0 Å². The van der Waals surface area contributed by atoms with Crippen molar-refractivity contribution in [2.75, 3.05) is 5.32 Å². The molecule has 0 amide bonds. The summed E-state index contributed by atoms with van der Waals surface area (Å²) in [5, 5.41) is 14.7. The van der Waals surface area contributed by atoms with E-state index < -0.39 is 4.92 Å². The predicted molar refractivity (Wildman–Crippen MR) is 95.2 cm³/mol. The van der Waals surface area contributed by atoms with Gasteiger partial charge in [0, 0.05) is 23.6 Å². The Kier molecular flexibility index (Phi) is 4.20. The van der Waals surface area contributed by atoms with Gasteiger partial charge in [0.25, 0.3) is 5.69 Å². The number of ketones is 1. The van der Waals surface area contributed by atoms with Crippen LogP contribution in [0.1, 0.15) is 49.2 Å². The summed E-state index contributed by atoms with van der Waals surface area (Å²) in [6.07, 6.45) is 0.662. The molecule has 1 N–H and O–H groups in total. The highest BCUT2D eigenvalue weighted by Gasteiger charge is 2.34. The molecule has 6 nitrogen and oxygen atoms in total. The number of rotatable bonds is 4. The fraction of sp³-hybridized carbons (Fsp3) is 0.316. The molecule has 1 aliphatic heterocycles. The van der Waals surface area contributed by atoms with E-state index in [0.717, 1.165) is 11.3 Å². The number of hydrogen-bond acceptors (Lipinski definition) is 5. The van der Waals surface area contributed by atoms with Gasteiger partial charge in [-0.05, 0) is 39.0 Å². The topological polar surface area (TPSA) is 81.5 Å². The Morgan fingerprint density at radius 2 is 2.00 bits per heavy atom. The van der Waals surface area contributed by atoms with Crippen LogP contribution in [0.15, 0.2) is 42.5 Å². The number of para-hydroxylation sites is 1. The Bertz CT molecular complexity index is 845. The van der Waals surface area contributed by atoms with Gasteiger partial charge in [0.2, 0.25) is 0 Å². The van der Waals surface area contributed by atoms with Crippen molar-refractivity contribution in [2.45, 2.75) is 38.8 Å². The van der Waals surface area contributed by atoms with E-state index in [-0.39, 0.29) is 23.1 Å². The highest BCUT2D eigenvalue weighted by molar-refractivity contribution is 5.95. The number of carbonyl (C=O) groups is 1. The second-order valence-corrected chi connectivity index (χ2v) is 6.85. The maximum atomic E-state index is 11.5. The maximum absolute atomic E-state index is 11.5. The number of fused-ring (bicyclic) bond motifs is 1. The summed E-state index contributed by atoms with van der Waals surface area (Å²) in [7, 11) is 0. The SMILES string of the molecule is CC(=O)c1ccc(NC2CC(C)(C)Oc3ccccc32)c([N+](=O)[O-])c1. The number of nitro benzene ring substituents is 1. The molecule has 0 aliphatic carbocycles. The number of nitrogens with one attached hydrogen (secondary N) is 1. The summed E-state index contributed by atoms with van der Waals surface area (Å²) in [5.74, 6) is 0.575. The summed E-state index contributed by atoms with van der Waals surface area (Å²) in [6.45, 7) is 5.37. The van der Waals surface area contributed by atoms with Crippen LogP contribution in [-0.4, -0.2) is 16.3 Å². The van der Waals surface area contributed by atoms with Gasteiger partial charge in [0.1, 0.15) is 17.0 Å². The lowest BCUT2D eigenvalue weighted by Gasteiger charge is -2.38. The van der Waals surface area contributed by atoms with Crippen molar-refractivity contribution >= 4 is 17.2 Å². The van der Waals surface area contributed by atoms with Gasteiger partial charge < -0.3 is 10.1 Å². The van der Waals surface area contributed by atoms with Crippen LogP contribution in [0.2, 0.25) is 0 Å². The van der Waals surface area contributed by atoms with Crippen LogP contribution in [0.4, 0.5) is 11.4 Å². The fourth-order valence-electron chi connectivity index (χ4n) is 3.14. The minimum Gasteiger partial charge on any atom is -0.487 e. The van der Waals surface area contributed by atoms with Crippen LogP contribution in [0.3, 0.4) is 0 Å². The lowest BCUT2D eigenvalue weighted by atomic mass is 9.89. The van der Waals surface area contributed by atoms with Crippen molar-refractivity contribution in [2.24, 2.45) is 0 Å². The average molecular weight is 340 g/mol. The standard InChI is InChI=1S/C19H20N2O4/c1-12(22)13-8-9-15(17(10-13)21(23)24)20-16-11-19(2,3)25-18-7-5-4-6-14(16)18/h4-10,16,20H,11H2,1-3H3. The Labute approximate surface area is 146 Å². The number of hydrogen-bond donors (Lipinski definition) is 1. The van der Waals surface area contributed by atoms with Crippen LogP contribution >= 0.6 is 0 Å². The summed E-state index contributed by atoms with van der Waals surface area (Å²) in [6, 6.07) is 12.1. The Hall–Kier alpha value is -2.89. The molecule has 3 rings (SSSR count). The van der Waals surface area contributed by atoms with E-state index in [1.807, 2.05) is 38.1 Å². The molecule has 1 atom stereocenters. The van der Waals surface area contributed by atoms with Gasteiger partial charge in [-0.2, -0.15) is 0 Å². The summed E-state index contributed by atoms with van der Waals surface area (Å²) in [4.78, 5) is 22.5. The lowest BCUT2D eigenvalue weighted by molar-refractivity contribution is -0.384. The molecule has 1 unspecified atom stereocenters. The zero-order valence-corrected chi connectivity index (χ0v) is 14.4. The van der Waals surface area contributed by atoms with Gasteiger partial charge in [-0.25, -0.2) is 0 Å². The number of nitrogens with zero attached hydrogens (tertiary/aromatic N) is 1. The molecular formula is C19H20N2O4. The molecule has 25 heavy (non-hydrogen) atoms. The van der Waals surface area contributed by atoms with Crippen LogP contribution in [0.5, 0.6) is 5.75 Å². The first-order chi connectivity index (χ1) is 11.8. The third-order valence-corrected chi connectivity index (χ3v) is 4.31. The molecule has 0 spiro atoms. The molecule has 0 aromatic heterocycles. The second-order valence-electron chi connectivity index (χ2n) is 6.85. The molecule has 130 valence electrons. The summed E-state index contributed by atoms with van der Waals surface area (Å²) in [5.41, 5.74) is 1.19. The van der Waals surface area contributed by atoms with Crippen molar-refractivity contribution in [1.82, 2.24) is 0 Å². The minimum atomic E-state index is -0.467. The molecule has 2 aromatic rings. The zero-order valence-electron chi connectivity index (χ0n) is 14.4. The van der Waals surface area contributed by atoms with Crippen molar-refractivity contribution in [1.29, 1.82) is 0 Å². The predicted octanol–water partition coefficient (Wildman–Crippen LogP) is 4.51. The number of Topliss-reactive ketones (excluding diaryl/α,β-unsaturated/α-hetero) is 1. The van der Waals surface area contributed by atoms with Crippen LogP contribution in [-0.2, 0) is 0 Å². The molecule has 1 aliphatic rings. The molecule has 1 heterocycles. The van der Waals surface area contributed by atoms with E-state index in [4.69, 9.17) is 4.74 Å². The minimum absolute atomic E-state index is 0.102. The first-order valence-corrected chi connectivity index (χ1v) is 8.11. The maximum Gasteiger partial charge on any atom is 0.293 e. The van der Waals surface area contributed by atoms with Crippen molar-refractivity contribution in [3.63, 3.8) is 0 Å². The Morgan fingerprint density at radius 3 is 2.68 bits per heavy atom. The lowest BCUT2D eigenvalue weighted by Crippen LogP contribution is -2.37. The van der Waals surface area contributed by atoms with Crippen LogP contribution in [0.25, 0.3) is 0 Å². The van der Waals surface area contributed by atoms with Crippen LogP contribution in [0, 0.1) is 10.1 Å². The Morgan fingerprint density at radius 1 is 1.28 bits per heavy atom. The number of nitro groups is 1. The molecule has 2 aromatic carbocycles. The molecule has 6 heteroatoms. The van der Waals surface area contributed by atoms with E-state index in [2.05, 4.69) is 5.32 Å². The highest BCUT2D eigenvalue weighted by atomic mass is 16.6. The number of carbonyl (C=O) groups excluding carboxylic acids is 1. The summed E-state index contributed by atoms with van der Waals surface area (Å²) >= 11 is 0. The Balaban J connectivity index is 2.00. The largest absolute Gasteiger partial charge is 0.487 e. The van der Waals surface area contributed by atoms with Gasteiger partial charge in [0.15, 0.2) is 5.78 Å². The van der Waals surface area contributed by atoms with Crippen molar-refractivity contribution in [3.05, 3.63) is 63.7 Å². The summed E-state index contributed by atoms with van der Waals surface area (Å²) < 4.78 is 6.00. The normalized spacial score (nSPS) is 18.0. The first-order valence-electron chi connectivity index (χ1n) is 8.11. The molecule has 0 saturated carbocycles. The highest BCUT2D eigenvalue weighted by Crippen LogP contribution is 2.42.